The van der Waals surface area contributed by atoms with Crippen LogP contribution in [0.1, 0.15) is 5.82 Å². The first-order valence-corrected chi connectivity index (χ1v) is 3.99. The number of ether oxygens (including phenoxy) is 1. The molecule has 4 nitrogen and oxygen atoms in total. The molecule has 0 spiro atoms. The Hall–Kier alpha value is -0.870. The molecule has 1 heterocycles. The highest BCUT2D eigenvalue weighted by Crippen LogP contribution is 1.95. The third-order valence-corrected chi connectivity index (χ3v) is 1.63. The fourth-order valence-electron chi connectivity index (χ4n) is 0.967. The zero-order valence-corrected chi connectivity index (χ0v) is 7.23. The van der Waals surface area contributed by atoms with Crippen molar-refractivity contribution in [2.24, 2.45) is 7.05 Å². The van der Waals surface area contributed by atoms with Gasteiger partial charge in [0.05, 0.1) is 19.8 Å². The van der Waals surface area contributed by atoms with Crippen molar-refractivity contribution in [3.63, 3.8) is 0 Å². The molecule has 0 bridgehead atoms. The number of aliphatic hydroxyl groups is 1. The summed E-state index contributed by atoms with van der Waals surface area (Å²) < 4.78 is 7.07. The molecule has 0 aromatic carbocycles. The molecule has 0 fully saturated rings. The van der Waals surface area contributed by atoms with Crippen LogP contribution >= 0.6 is 0 Å². The lowest BCUT2D eigenvalue weighted by molar-refractivity contribution is 0.0933. The monoisotopic (exact) mass is 170 g/mol. The Bertz CT molecular complexity index is 223. The van der Waals surface area contributed by atoms with Crippen LogP contribution in [0.4, 0.5) is 0 Å². The van der Waals surface area contributed by atoms with Crippen molar-refractivity contribution in [3.8, 4) is 0 Å². The summed E-state index contributed by atoms with van der Waals surface area (Å²) in [6.45, 7) is 1.11. The number of hydrogen-bond donors (Lipinski definition) is 1. The molecule has 0 aliphatic carbocycles. The van der Waals surface area contributed by atoms with Gasteiger partial charge in [0, 0.05) is 25.9 Å². The minimum Gasteiger partial charge on any atom is -0.394 e. The van der Waals surface area contributed by atoms with Crippen LogP contribution in [-0.2, 0) is 18.2 Å². The molecule has 4 heteroatoms. The lowest BCUT2D eigenvalue weighted by Gasteiger charge is -2.01. The molecule has 0 aliphatic heterocycles. The summed E-state index contributed by atoms with van der Waals surface area (Å²) in [5.74, 6) is 1.01. The fraction of sp³-hybridized carbons (Fsp3) is 0.625. The molecule has 12 heavy (non-hydrogen) atoms. The van der Waals surface area contributed by atoms with Crippen molar-refractivity contribution in [1.29, 1.82) is 0 Å². The van der Waals surface area contributed by atoms with Crippen molar-refractivity contribution in [2.45, 2.75) is 6.42 Å². The lowest BCUT2D eigenvalue weighted by atomic mass is 10.4. The molecule has 0 aliphatic rings. The molecule has 0 unspecified atom stereocenters. The SMILES string of the molecule is Cn1ccnc1CCOCCO. The maximum Gasteiger partial charge on any atom is 0.110 e. The molecule has 0 amide bonds. The van der Waals surface area contributed by atoms with Crippen LogP contribution in [-0.4, -0.2) is 34.5 Å². The van der Waals surface area contributed by atoms with Gasteiger partial charge in [-0.05, 0) is 0 Å². The number of hydrogen-bond acceptors (Lipinski definition) is 3. The maximum atomic E-state index is 8.43. The van der Waals surface area contributed by atoms with Gasteiger partial charge in [-0.3, -0.25) is 0 Å². The molecule has 0 radical (unpaired) electrons. The van der Waals surface area contributed by atoms with Gasteiger partial charge in [0.25, 0.3) is 0 Å². The summed E-state index contributed by atoms with van der Waals surface area (Å²) in [7, 11) is 1.95. The van der Waals surface area contributed by atoms with E-state index < -0.39 is 0 Å². The Balaban J connectivity index is 2.20. The highest BCUT2D eigenvalue weighted by atomic mass is 16.5. The largest absolute Gasteiger partial charge is 0.394 e. The average Bonchev–Trinajstić information content (AvgIpc) is 2.46. The zero-order chi connectivity index (χ0) is 8.81. The van der Waals surface area contributed by atoms with Crippen molar-refractivity contribution < 1.29 is 9.84 Å². The first kappa shape index (κ1) is 9.22. The Labute approximate surface area is 71.8 Å². The maximum absolute atomic E-state index is 8.43. The molecular formula is C8H14N2O2. The van der Waals surface area contributed by atoms with Crippen LogP contribution in [0.25, 0.3) is 0 Å². The predicted molar refractivity (Wildman–Crippen MR) is 44.8 cm³/mol. The second-order valence-corrected chi connectivity index (χ2v) is 2.54. The summed E-state index contributed by atoms with van der Waals surface area (Å²) in [6.07, 6.45) is 4.46. The van der Waals surface area contributed by atoms with E-state index in [0.29, 0.717) is 13.2 Å². The van der Waals surface area contributed by atoms with Gasteiger partial charge in [-0.15, -0.1) is 0 Å². The van der Waals surface area contributed by atoms with Gasteiger partial charge >= 0.3 is 0 Å². The normalized spacial score (nSPS) is 10.5. The van der Waals surface area contributed by atoms with E-state index in [4.69, 9.17) is 9.84 Å². The summed E-state index contributed by atoms with van der Waals surface area (Å²) in [6, 6.07) is 0. The van der Waals surface area contributed by atoms with E-state index in [0.717, 1.165) is 12.2 Å². The van der Waals surface area contributed by atoms with Crippen LogP contribution in [0.2, 0.25) is 0 Å². The van der Waals surface area contributed by atoms with Crippen LogP contribution < -0.4 is 0 Å². The Morgan fingerprint density at radius 1 is 1.58 bits per heavy atom. The van der Waals surface area contributed by atoms with Gasteiger partial charge in [-0.1, -0.05) is 0 Å². The van der Waals surface area contributed by atoms with Crippen molar-refractivity contribution >= 4 is 0 Å². The molecule has 1 aromatic rings. The number of aliphatic hydroxyl groups excluding tert-OH is 1. The Morgan fingerprint density at radius 2 is 2.42 bits per heavy atom. The number of nitrogens with zero attached hydrogens (tertiary/aromatic N) is 2. The van der Waals surface area contributed by atoms with Crippen LogP contribution in [0.5, 0.6) is 0 Å². The predicted octanol–water partition coefficient (Wildman–Crippen LogP) is -0.0285. The number of rotatable bonds is 5. The number of aromatic nitrogens is 2. The third-order valence-electron chi connectivity index (χ3n) is 1.63. The van der Waals surface area contributed by atoms with Gasteiger partial charge in [-0.2, -0.15) is 0 Å². The van der Waals surface area contributed by atoms with Gasteiger partial charge in [0.15, 0.2) is 0 Å². The van der Waals surface area contributed by atoms with E-state index in [9.17, 15) is 0 Å². The second kappa shape index (κ2) is 4.90. The summed E-state index contributed by atoms with van der Waals surface area (Å²) >= 11 is 0. The first-order valence-electron chi connectivity index (χ1n) is 3.99. The van der Waals surface area contributed by atoms with Crippen LogP contribution in [0, 0.1) is 0 Å². The quantitative estimate of drug-likeness (QED) is 0.631. The van der Waals surface area contributed by atoms with E-state index in [2.05, 4.69) is 4.98 Å². The van der Waals surface area contributed by atoms with Gasteiger partial charge in [-0.25, -0.2) is 4.98 Å². The average molecular weight is 170 g/mol. The topological polar surface area (TPSA) is 47.3 Å². The molecule has 1 N–H and O–H groups in total. The Morgan fingerprint density at radius 3 is 3.00 bits per heavy atom. The van der Waals surface area contributed by atoms with Gasteiger partial charge in [0.2, 0.25) is 0 Å². The van der Waals surface area contributed by atoms with Crippen molar-refractivity contribution in [3.05, 3.63) is 18.2 Å². The summed E-state index contributed by atoms with van der Waals surface area (Å²) in [4.78, 5) is 4.13. The van der Waals surface area contributed by atoms with E-state index >= 15 is 0 Å². The molecule has 0 saturated heterocycles. The van der Waals surface area contributed by atoms with Gasteiger partial charge < -0.3 is 14.4 Å². The summed E-state index contributed by atoms with van der Waals surface area (Å²) in [5, 5.41) is 8.43. The minimum atomic E-state index is 0.0839. The smallest absolute Gasteiger partial charge is 0.110 e. The van der Waals surface area contributed by atoms with Crippen molar-refractivity contribution in [1.82, 2.24) is 9.55 Å². The minimum absolute atomic E-state index is 0.0839. The lowest BCUT2D eigenvalue weighted by Crippen LogP contribution is -2.06. The van der Waals surface area contributed by atoms with E-state index in [1.54, 1.807) is 6.20 Å². The van der Waals surface area contributed by atoms with E-state index in [1.165, 1.54) is 0 Å². The molecular weight excluding hydrogens is 156 g/mol. The van der Waals surface area contributed by atoms with Crippen LogP contribution in [0.15, 0.2) is 12.4 Å². The Kier molecular flexibility index (Phi) is 3.76. The van der Waals surface area contributed by atoms with Crippen molar-refractivity contribution in [2.75, 3.05) is 19.8 Å². The van der Waals surface area contributed by atoms with Gasteiger partial charge in [0.1, 0.15) is 5.82 Å². The molecule has 68 valence electrons. The summed E-state index contributed by atoms with van der Waals surface area (Å²) in [5.41, 5.74) is 0. The first-order chi connectivity index (χ1) is 5.84. The fourth-order valence-corrected chi connectivity index (χ4v) is 0.967. The second-order valence-electron chi connectivity index (χ2n) is 2.54. The third kappa shape index (κ3) is 2.64. The highest BCUT2D eigenvalue weighted by Gasteiger charge is 1.97. The zero-order valence-electron chi connectivity index (χ0n) is 7.23. The standard InChI is InChI=1S/C8H14N2O2/c1-10-4-3-9-8(10)2-6-12-7-5-11/h3-4,11H,2,5-7H2,1H3. The van der Waals surface area contributed by atoms with Crippen LogP contribution in [0.3, 0.4) is 0 Å². The number of imidazole rings is 1. The number of aryl methyl sites for hydroxylation is 1. The molecule has 0 atom stereocenters. The molecule has 0 saturated carbocycles. The van der Waals surface area contributed by atoms with E-state index in [1.807, 2.05) is 17.8 Å². The highest BCUT2D eigenvalue weighted by molar-refractivity contribution is 4.90. The van der Waals surface area contributed by atoms with E-state index in [-0.39, 0.29) is 6.61 Å². The molecule has 1 rings (SSSR count). The molecule has 1 aromatic heterocycles.